The molecule has 1 aromatic carbocycles. The molecule has 1 aromatic heterocycles. The molecule has 0 fully saturated rings. The molecular weight excluding hydrogens is 280 g/mol. The minimum absolute atomic E-state index is 0.346. The normalized spacial score (nSPS) is 10.5. The summed E-state index contributed by atoms with van der Waals surface area (Å²) in [6.45, 7) is 2.52. The van der Waals surface area contributed by atoms with Crippen molar-refractivity contribution in [2.45, 2.75) is 13.5 Å². The monoisotopic (exact) mass is 294 g/mol. The quantitative estimate of drug-likeness (QED) is 0.851. The van der Waals surface area contributed by atoms with Crippen LogP contribution in [0.1, 0.15) is 16.8 Å². The van der Waals surface area contributed by atoms with Gasteiger partial charge in [0.05, 0.1) is 11.3 Å². The van der Waals surface area contributed by atoms with Gasteiger partial charge in [-0.1, -0.05) is 36.0 Å². The fourth-order valence-electron chi connectivity index (χ4n) is 1.99. The molecule has 0 aliphatic rings. The molecule has 100 valence electrons. The predicted octanol–water partition coefficient (Wildman–Crippen LogP) is 2.63. The second kappa shape index (κ2) is 5.59. The van der Waals surface area contributed by atoms with Gasteiger partial charge in [-0.15, -0.1) is 0 Å². The molecule has 2 rings (SSSR count). The molecule has 0 amide bonds. The third-order valence-electron chi connectivity index (χ3n) is 2.82. The van der Waals surface area contributed by atoms with Crippen molar-refractivity contribution in [3.63, 3.8) is 0 Å². The average Bonchev–Trinajstić information content (AvgIpc) is 2.61. The van der Waals surface area contributed by atoms with Crippen molar-refractivity contribution in [1.29, 1.82) is 0 Å². The Labute approximate surface area is 122 Å². The lowest BCUT2D eigenvalue weighted by Crippen LogP contribution is -2.14. The van der Waals surface area contributed by atoms with Crippen LogP contribution in [0, 0.1) is 6.92 Å². The molecule has 6 heteroatoms. The Bertz CT molecular complexity index is 621. The number of nitrogens with zero attached hydrogens (tertiary/aromatic N) is 2. The molecular formula is C13H15ClN4S. The van der Waals surface area contributed by atoms with Crippen molar-refractivity contribution in [2.24, 2.45) is 12.8 Å². The van der Waals surface area contributed by atoms with Crippen molar-refractivity contribution in [2.75, 3.05) is 5.32 Å². The molecule has 0 atom stereocenters. The van der Waals surface area contributed by atoms with Crippen LogP contribution in [-0.2, 0) is 13.6 Å². The number of hydrogen-bond donors (Lipinski definition) is 2. The highest BCUT2D eigenvalue weighted by molar-refractivity contribution is 7.80. The highest BCUT2D eigenvalue weighted by Crippen LogP contribution is 2.20. The van der Waals surface area contributed by atoms with Crippen molar-refractivity contribution in [3.8, 4) is 0 Å². The van der Waals surface area contributed by atoms with Crippen LogP contribution in [0.2, 0.25) is 5.02 Å². The maximum Gasteiger partial charge on any atom is 0.134 e. The largest absolute Gasteiger partial charge is 0.389 e. The van der Waals surface area contributed by atoms with E-state index in [0.717, 1.165) is 27.7 Å². The number of hydrogen-bond acceptors (Lipinski definition) is 3. The lowest BCUT2D eigenvalue weighted by molar-refractivity contribution is 0.758. The lowest BCUT2D eigenvalue weighted by atomic mass is 10.2. The number of halogens is 1. The summed E-state index contributed by atoms with van der Waals surface area (Å²) < 4.78 is 1.74. The third kappa shape index (κ3) is 3.05. The van der Waals surface area contributed by atoms with E-state index in [1.54, 1.807) is 4.68 Å². The van der Waals surface area contributed by atoms with Gasteiger partial charge in [0.15, 0.2) is 0 Å². The summed E-state index contributed by atoms with van der Waals surface area (Å²) in [7, 11) is 1.86. The molecule has 0 radical (unpaired) electrons. The van der Waals surface area contributed by atoms with Gasteiger partial charge in [-0.3, -0.25) is 4.68 Å². The fraction of sp³-hybridized carbons (Fsp3) is 0.231. The lowest BCUT2D eigenvalue weighted by Gasteiger charge is -2.09. The summed E-state index contributed by atoms with van der Waals surface area (Å²) in [5, 5.41) is 8.34. The summed E-state index contributed by atoms with van der Waals surface area (Å²) in [5.41, 5.74) is 8.44. The Morgan fingerprint density at radius 3 is 2.89 bits per heavy atom. The number of benzene rings is 1. The van der Waals surface area contributed by atoms with E-state index in [0.29, 0.717) is 11.5 Å². The fourth-order valence-corrected chi connectivity index (χ4v) is 2.45. The first-order valence-electron chi connectivity index (χ1n) is 5.80. The van der Waals surface area contributed by atoms with Crippen LogP contribution in [-0.4, -0.2) is 14.8 Å². The SMILES string of the molecule is Cc1nn(C)c(NCc2cccc(Cl)c2)c1C(N)=S. The van der Waals surface area contributed by atoms with Crippen LogP contribution in [0.25, 0.3) is 0 Å². The van der Waals surface area contributed by atoms with Gasteiger partial charge >= 0.3 is 0 Å². The number of nitrogens with one attached hydrogen (secondary N) is 1. The first-order chi connectivity index (χ1) is 8.99. The molecule has 4 nitrogen and oxygen atoms in total. The van der Waals surface area contributed by atoms with Gasteiger partial charge in [0.1, 0.15) is 10.8 Å². The summed E-state index contributed by atoms with van der Waals surface area (Å²) in [4.78, 5) is 0.346. The smallest absolute Gasteiger partial charge is 0.134 e. The zero-order chi connectivity index (χ0) is 14.0. The molecule has 1 heterocycles. The number of aromatic nitrogens is 2. The highest BCUT2D eigenvalue weighted by Gasteiger charge is 2.15. The van der Waals surface area contributed by atoms with Crippen LogP contribution in [0.5, 0.6) is 0 Å². The van der Waals surface area contributed by atoms with Crippen molar-refractivity contribution in [1.82, 2.24) is 9.78 Å². The number of anilines is 1. The van der Waals surface area contributed by atoms with Crippen LogP contribution < -0.4 is 11.1 Å². The zero-order valence-electron chi connectivity index (χ0n) is 10.8. The van der Waals surface area contributed by atoms with E-state index in [1.165, 1.54) is 0 Å². The van der Waals surface area contributed by atoms with Gasteiger partial charge in [-0.2, -0.15) is 5.10 Å². The molecule has 0 saturated heterocycles. The molecule has 3 N–H and O–H groups in total. The van der Waals surface area contributed by atoms with Gasteiger partial charge < -0.3 is 11.1 Å². The molecule has 19 heavy (non-hydrogen) atoms. The van der Waals surface area contributed by atoms with E-state index in [2.05, 4.69) is 10.4 Å². The second-order valence-electron chi connectivity index (χ2n) is 4.28. The molecule has 2 aromatic rings. The Morgan fingerprint density at radius 1 is 1.53 bits per heavy atom. The standard InChI is InChI=1S/C13H15ClN4S/c1-8-11(12(15)19)13(18(2)17-8)16-7-9-4-3-5-10(14)6-9/h3-6,16H,7H2,1-2H3,(H2,15,19). The topological polar surface area (TPSA) is 55.9 Å². The summed E-state index contributed by atoms with van der Waals surface area (Å²) in [6.07, 6.45) is 0. The molecule has 0 aliphatic carbocycles. The third-order valence-corrected chi connectivity index (χ3v) is 3.26. The van der Waals surface area contributed by atoms with E-state index in [9.17, 15) is 0 Å². The van der Waals surface area contributed by atoms with E-state index < -0.39 is 0 Å². The van der Waals surface area contributed by atoms with E-state index in [1.807, 2.05) is 38.2 Å². The van der Waals surface area contributed by atoms with Crippen molar-refractivity contribution < 1.29 is 0 Å². The molecule has 0 bridgehead atoms. The Hall–Kier alpha value is -1.59. The van der Waals surface area contributed by atoms with E-state index in [4.69, 9.17) is 29.6 Å². The zero-order valence-corrected chi connectivity index (χ0v) is 12.3. The number of aryl methyl sites for hydroxylation is 2. The number of nitrogens with two attached hydrogens (primary N) is 1. The van der Waals surface area contributed by atoms with Crippen LogP contribution >= 0.6 is 23.8 Å². The maximum atomic E-state index is 5.96. The first kappa shape index (κ1) is 13.8. The minimum atomic E-state index is 0.346. The Morgan fingerprint density at radius 2 is 2.26 bits per heavy atom. The average molecular weight is 295 g/mol. The van der Waals surface area contributed by atoms with E-state index >= 15 is 0 Å². The Kier molecular flexibility index (Phi) is 4.07. The van der Waals surface area contributed by atoms with Crippen molar-refractivity contribution >= 4 is 34.6 Å². The van der Waals surface area contributed by atoms with Gasteiger partial charge in [-0.25, -0.2) is 0 Å². The molecule has 0 saturated carbocycles. The summed E-state index contributed by atoms with van der Waals surface area (Å²) >= 11 is 11.0. The first-order valence-corrected chi connectivity index (χ1v) is 6.59. The molecule has 0 spiro atoms. The van der Waals surface area contributed by atoms with Gasteiger partial charge in [0.25, 0.3) is 0 Å². The van der Waals surface area contributed by atoms with Crippen LogP contribution in [0.3, 0.4) is 0 Å². The second-order valence-corrected chi connectivity index (χ2v) is 5.16. The van der Waals surface area contributed by atoms with Gasteiger partial charge in [-0.05, 0) is 24.6 Å². The summed E-state index contributed by atoms with van der Waals surface area (Å²) in [5.74, 6) is 0.824. The van der Waals surface area contributed by atoms with Gasteiger partial charge in [0.2, 0.25) is 0 Å². The van der Waals surface area contributed by atoms with E-state index in [-0.39, 0.29) is 0 Å². The van der Waals surface area contributed by atoms with Gasteiger partial charge in [0, 0.05) is 18.6 Å². The molecule has 0 unspecified atom stereocenters. The van der Waals surface area contributed by atoms with Crippen LogP contribution in [0.15, 0.2) is 24.3 Å². The molecule has 0 aliphatic heterocycles. The Balaban J connectivity index is 2.22. The predicted molar refractivity (Wildman–Crippen MR) is 82.6 cm³/mol. The minimum Gasteiger partial charge on any atom is -0.389 e. The maximum absolute atomic E-state index is 5.96. The summed E-state index contributed by atoms with van der Waals surface area (Å²) in [6, 6.07) is 7.68. The number of thiocarbonyl (C=S) groups is 1. The number of rotatable bonds is 4. The highest BCUT2D eigenvalue weighted by atomic mass is 35.5. The van der Waals surface area contributed by atoms with Crippen LogP contribution in [0.4, 0.5) is 5.82 Å². The van der Waals surface area contributed by atoms with Crippen molar-refractivity contribution in [3.05, 3.63) is 46.1 Å².